The first-order chi connectivity index (χ1) is 45.4. The van der Waals surface area contributed by atoms with Gasteiger partial charge in [-0.3, -0.25) is 9.59 Å². The maximum absolute atomic E-state index is 13.5. The Balaban J connectivity index is 1.54. The van der Waals surface area contributed by atoms with Gasteiger partial charge in [0.1, 0.15) is 67.1 Å². The zero-order chi connectivity index (χ0) is 68.9. The standard InChI is InChI=1S/C71H134N2O21/c1-4-6-8-10-12-14-16-18-20-22-23-24-25-26-27-28-29-31-33-35-37-39-41-43-45-58(81)73-52(53(78)44-42-40-38-36-34-32-30-21-19-17-15-13-11-9-7-5-2)50-89-68-63(85)62(84)65(57(49-76)91-68)92-69-64(86)67(61(83)56(48-75)90-69)94-71(70(87)88)46-54(79)59(72-51(3)77)66(93-71)60(82)55(80)47-74/h52-57,59-69,74-76,78-80,82-86H,4-50H2,1-3H3,(H,72,77)(H,73,81)(H,87,88). The van der Waals surface area contributed by atoms with Crippen molar-refractivity contribution in [1.82, 2.24) is 10.6 Å². The Bertz CT molecular complexity index is 1900. The van der Waals surface area contributed by atoms with Gasteiger partial charge >= 0.3 is 5.97 Å². The number of carboxylic acids is 1. The third-order valence-corrected chi connectivity index (χ3v) is 19.3. The summed E-state index contributed by atoms with van der Waals surface area (Å²) in [6, 6.07) is -2.52. The molecular weight excluding hydrogens is 1220 g/mol. The summed E-state index contributed by atoms with van der Waals surface area (Å²) >= 11 is 0. The number of rotatable bonds is 58. The van der Waals surface area contributed by atoms with Crippen molar-refractivity contribution in [3.8, 4) is 0 Å². The molecule has 0 saturated carbocycles. The molecule has 0 aliphatic carbocycles. The summed E-state index contributed by atoms with van der Waals surface area (Å²) in [5.41, 5.74) is 0. The van der Waals surface area contributed by atoms with Crippen molar-refractivity contribution in [3.63, 3.8) is 0 Å². The molecule has 0 aromatic carbocycles. The summed E-state index contributed by atoms with van der Waals surface area (Å²) < 4.78 is 34.9. The second-order valence-corrected chi connectivity index (χ2v) is 27.5. The quantitative estimate of drug-likeness (QED) is 0.0256. The minimum absolute atomic E-state index is 0.229. The fourth-order valence-corrected chi connectivity index (χ4v) is 13.4. The molecular formula is C71H134N2O21. The van der Waals surface area contributed by atoms with Crippen LogP contribution in [0.2, 0.25) is 0 Å². The zero-order valence-corrected chi connectivity index (χ0v) is 58.1. The van der Waals surface area contributed by atoms with Crippen LogP contribution < -0.4 is 10.6 Å². The van der Waals surface area contributed by atoms with Crippen LogP contribution in [0.4, 0.5) is 0 Å². The van der Waals surface area contributed by atoms with Crippen LogP contribution in [-0.4, -0.2) is 215 Å². The Morgan fingerprint density at radius 2 is 0.926 bits per heavy atom. The number of nitrogens with one attached hydrogen (secondary N) is 2. The Morgan fingerprint density at radius 1 is 0.511 bits per heavy atom. The number of aliphatic hydroxyl groups excluding tert-OH is 11. The molecule has 0 spiro atoms. The van der Waals surface area contributed by atoms with Gasteiger partial charge in [-0.2, -0.15) is 0 Å². The van der Waals surface area contributed by atoms with E-state index in [-0.39, 0.29) is 18.9 Å². The maximum Gasteiger partial charge on any atom is 0.364 e. The average Bonchev–Trinajstić information content (AvgIpc) is 0.760. The van der Waals surface area contributed by atoms with Gasteiger partial charge in [-0.25, -0.2) is 4.79 Å². The molecule has 3 heterocycles. The third kappa shape index (κ3) is 33.3. The van der Waals surface area contributed by atoms with Gasteiger partial charge in [-0.05, 0) is 12.8 Å². The zero-order valence-electron chi connectivity index (χ0n) is 58.1. The van der Waals surface area contributed by atoms with E-state index in [4.69, 9.17) is 28.4 Å². The first kappa shape index (κ1) is 86.0. The van der Waals surface area contributed by atoms with Crippen molar-refractivity contribution < 1.29 is 104 Å². The van der Waals surface area contributed by atoms with E-state index in [1.807, 2.05) is 0 Å². The summed E-state index contributed by atoms with van der Waals surface area (Å²) in [6.07, 6.45) is 21.0. The fraction of sp³-hybridized carbons (Fsp3) is 0.958. The van der Waals surface area contributed by atoms with Crippen LogP contribution in [0.25, 0.3) is 0 Å². The summed E-state index contributed by atoms with van der Waals surface area (Å²) in [7, 11) is 0. The molecule has 3 fully saturated rings. The van der Waals surface area contributed by atoms with Crippen LogP contribution >= 0.6 is 0 Å². The van der Waals surface area contributed by atoms with Crippen molar-refractivity contribution in [1.29, 1.82) is 0 Å². The molecule has 3 aliphatic heterocycles. The highest BCUT2D eigenvalue weighted by Gasteiger charge is 2.60. The Hall–Kier alpha value is -2.27. The lowest BCUT2D eigenvalue weighted by molar-refractivity contribution is -0.386. The van der Waals surface area contributed by atoms with E-state index in [0.717, 1.165) is 51.9 Å². The summed E-state index contributed by atoms with van der Waals surface area (Å²) in [5.74, 6) is -6.09. The number of carboxylic acid groups (broad SMARTS) is 1. The summed E-state index contributed by atoms with van der Waals surface area (Å²) in [4.78, 5) is 38.6. The SMILES string of the molecule is CCCCCCCCCCCCCCCCCCCCCCCCCCC(=O)NC(COC1OC(CO)C(OC2OC(CO)C(O)C(OC3(C(=O)O)CC(O)C(NC(C)=O)C(C(O)C(O)CO)O3)C2O)C(O)C1O)C(O)CCCCCCCCCCCCCCCCCC. The predicted octanol–water partition coefficient (Wildman–Crippen LogP) is 8.07. The van der Waals surface area contributed by atoms with Gasteiger partial charge in [-0.1, -0.05) is 264 Å². The Labute approximate surface area is 563 Å². The van der Waals surface area contributed by atoms with Gasteiger partial charge in [0.2, 0.25) is 11.8 Å². The van der Waals surface area contributed by atoms with Gasteiger partial charge in [0.05, 0.1) is 50.7 Å². The molecule has 0 radical (unpaired) electrons. The van der Waals surface area contributed by atoms with Crippen molar-refractivity contribution in [2.75, 3.05) is 26.4 Å². The molecule has 18 unspecified atom stereocenters. The van der Waals surface area contributed by atoms with Gasteiger partial charge in [-0.15, -0.1) is 0 Å². The van der Waals surface area contributed by atoms with E-state index in [1.165, 1.54) is 199 Å². The number of carbonyl (C=O) groups excluding carboxylic acids is 2. The number of hydrogen-bond acceptors (Lipinski definition) is 20. The average molecular weight is 1350 g/mol. The van der Waals surface area contributed by atoms with Crippen LogP contribution in [0.3, 0.4) is 0 Å². The molecule has 3 saturated heterocycles. The number of unbranched alkanes of at least 4 members (excludes halogenated alkanes) is 38. The number of aliphatic carboxylic acids is 1. The topological polar surface area (TPSA) is 373 Å². The molecule has 2 amide bonds. The van der Waals surface area contributed by atoms with Crippen LogP contribution in [-0.2, 0) is 42.8 Å². The second-order valence-electron chi connectivity index (χ2n) is 27.5. The first-order valence-corrected chi connectivity index (χ1v) is 37.4. The van der Waals surface area contributed by atoms with Crippen LogP contribution in [0, 0.1) is 0 Å². The largest absolute Gasteiger partial charge is 0.477 e. The van der Waals surface area contributed by atoms with Crippen LogP contribution in [0.1, 0.15) is 297 Å². The van der Waals surface area contributed by atoms with E-state index >= 15 is 0 Å². The Morgan fingerprint density at radius 3 is 1.33 bits per heavy atom. The molecule has 94 heavy (non-hydrogen) atoms. The lowest BCUT2D eigenvalue weighted by atomic mass is 9.88. The molecule has 3 aliphatic rings. The van der Waals surface area contributed by atoms with Crippen LogP contribution in [0.15, 0.2) is 0 Å². The molecule has 18 atom stereocenters. The van der Waals surface area contributed by atoms with E-state index in [1.54, 1.807) is 0 Å². The summed E-state index contributed by atoms with van der Waals surface area (Å²) in [5, 5.41) is 136. The smallest absolute Gasteiger partial charge is 0.364 e. The fourth-order valence-electron chi connectivity index (χ4n) is 13.4. The molecule has 23 nitrogen and oxygen atoms in total. The predicted molar refractivity (Wildman–Crippen MR) is 357 cm³/mol. The highest BCUT2D eigenvalue weighted by atomic mass is 16.8. The normalized spacial score (nSPS) is 27.8. The number of hydrogen-bond donors (Lipinski definition) is 14. The molecule has 14 N–H and O–H groups in total. The summed E-state index contributed by atoms with van der Waals surface area (Å²) in [6.45, 7) is 2.24. The van der Waals surface area contributed by atoms with E-state index in [2.05, 4.69) is 24.5 Å². The minimum atomic E-state index is -3.08. The van der Waals surface area contributed by atoms with E-state index in [0.29, 0.717) is 19.3 Å². The molecule has 0 aromatic heterocycles. The van der Waals surface area contributed by atoms with E-state index < -0.39 is 148 Å². The third-order valence-electron chi connectivity index (χ3n) is 19.3. The lowest BCUT2D eigenvalue weighted by Crippen LogP contribution is -2.70. The highest BCUT2D eigenvalue weighted by Crippen LogP contribution is 2.39. The first-order valence-electron chi connectivity index (χ1n) is 37.4. The van der Waals surface area contributed by atoms with Crippen molar-refractivity contribution in [3.05, 3.63) is 0 Å². The molecule has 0 bridgehead atoms. The van der Waals surface area contributed by atoms with Gasteiger partial charge < -0.3 is 100 Å². The monoisotopic (exact) mass is 1350 g/mol. The van der Waals surface area contributed by atoms with Crippen molar-refractivity contribution in [2.45, 2.75) is 407 Å². The maximum atomic E-state index is 13.5. The van der Waals surface area contributed by atoms with Gasteiger partial charge in [0.25, 0.3) is 5.79 Å². The molecule has 554 valence electrons. The second kappa shape index (κ2) is 51.8. The van der Waals surface area contributed by atoms with Crippen molar-refractivity contribution in [2.24, 2.45) is 0 Å². The van der Waals surface area contributed by atoms with Crippen molar-refractivity contribution >= 4 is 17.8 Å². The van der Waals surface area contributed by atoms with Crippen LogP contribution in [0.5, 0.6) is 0 Å². The minimum Gasteiger partial charge on any atom is -0.477 e. The number of amides is 2. The lowest BCUT2D eigenvalue weighted by Gasteiger charge is -2.50. The molecule has 23 heteroatoms. The Kier molecular flexibility index (Phi) is 47.4. The number of ether oxygens (including phenoxy) is 6. The number of aliphatic hydroxyl groups is 11. The van der Waals surface area contributed by atoms with Gasteiger partial charge in [0, 0.05) is 19.8 Å². The number of carbonyl (C=O) groups is 3. The van der Waals surface area contributed by atoms with E-state index in [9.17, 15) is 75.7 Å². The highest BCUT2D eigenvalue weighted by molar-refractivity contribution is 5.77. The molecule has 0 aromatic rings. The van der Waals surface area contributed by atoms with Gasteiger partial charge in [0.15, 0.2) is 12.6 Å². The molecule has 3 rings (SSSR count).